The van der Waals surface area contributed by atoms with Gasteiger partial charge in [-0.15, -0.1) is 0 Å². The summed E-state index contributed by atoms with van der Waals surface area (Å²) in [5, 5.41) is 12.7. The Hall–Kier alpha value is -1.33. The van der Waals surface area contributed by atoms with Gasteiger partial charge in [0.05, 0.1) is 11.8 Å². The minimum atomic E-state index is -0.568. The van der Waals surface area contributed by atoms with Gasteiger partial charge in [0, 0.05) is 24.5 Å². The van der Waals surface area contributed by atoms with Crippen molar-refractivity contribution in [2.45, 2.75) is 31.8 Å². The predicted molar refractivity (Wildman–Crippen MR) is 81.0 cm³/mol. The van der Waals surface area contributed by atoms with Gasteiger partial charge in [0.1, 0.15) is 5.82 Å². The second-order valence-corrected chi connectivity index (χ2v) is 5.98. The summed E-state index contributed by atoms with van der Waals surface area (Å²) < 4.78 is 13.6. The average molecular weight is 315 g/mol. The van der Waals surface area contributed by atoms with E-state index in [4.69, 9.17) is 11.6 Å². The zero-order valence-electron chi connectivity index (χ0n) is 12.0. The van der Waals surface area contributed by atoms with Crippen molar-refractivity contribution in [3.63, 3.8) is 0 Å². The van der Waals surface area contributed by atoms with Crippen LogP contribution in [-0.4, -0.2) is 35.7 Å². The molecule has 0 aromatic heterocycles. The minimum Gasteiger partial charge on any atom is -0.393 e. The number of nitrogens with zero attached hydrogens (tertiary/aromatic N) is 1. The monoisotopic (exact) mass is 314 g/mol. The number of hydrogen-bond donors (Lipinski definition) is 2. The Morgan fingerprint density at radius 1 is 1.48 bits per heavy atom. The van der Waals surface area contributed by atoms with Crippen LogP contribution in [-0.2, 0) is 0 Å². The van der Waals surface area contributed by atoms with Crippen LogP contribution >= 0.6 is 11.6 Å². The molecule has 6 heteroatoms. The van der Waals surface area contributed by atoms with E-state index in [-0.39, 0.29) is 22.7 Å². The van der Waals surface area contributed by atoms with Crippen molar-refractivity contribution in [3.8, 4) is 0 Å². The van der Waals surface area contributed by atoms with Gasteiger partial charge in [0.25, 0.3) is 0 Å². The number of aliphatic hydroxyl groups is 1. The van der Waals surface area contributed by atoms with Gasteiger partial charge in [-0.2, -0.15) is 0 Å². The molecule has 0 radical (unpaired) electrons. The second kappa shape index (κ2) is 7.09. The molecule has 0 heterocycles. The van der Waals surface area contributed by atoms with Crippen LogP contribution in [0.15, 0.2) is 18.2 Å². The molecule has 2 amide bonds. The van der Waals surface area contributed by atoms with Crippen molar-refractivity contribution in [2.75, 3.05) is 18.9 Å². The fourth-order valence-corrected chi connectivity index (χ4v) is 2.80. The summed E-state index contributed by atoms with van der Waals surface area (Å²) in [5.74, 6) is -0.480. The SMILES string of the molecule is CN(CC1CCCCC1O)C(=O)Nc1ccc(Cl)cc1F. The van der Waals surface area contributed by atoms with Gasteiger partial charge >= 0.3 is 6.03 Å². The maximum Gasteiger partial charge on any atom is 0.321 e. The van der Waals surface area contributed by atoms with E-state index >= 15 is 0 Å². The van der Waals surface area contributed by atoms with Crippen LogP contribution in [0.25, 0.3) is 0 Å². The fourth-order valence-electron chi connectivity index (χ4n) is 2.64. The highest BCUT2D eigenvalue weighted by Crippen LogP contribution is 2.25. The van der Waals surface area contributed by atoms with Gasteiger partial charge in [-0.3, -0.25) is 0 Å². The van der Waals surface area contributed by atoms with E-state index in [1.165, 1.54) is 17.0 Å². The lowest BCUT2D eigenvalue weighted by atomic mass is 9.86. The van der Waals surface area contributed by atoms with Crippen molar-refractivity contribution in [2.24, 2.45) is 5.92 Å². The normalized spacial score (nSPS) is 21.9. The highest BCUT2D eigenvalue weighted by Gasteiger charge is 2.25. The van der Waals surface area contributed by atoms with Gasteiger partial charge in [-0.25, -0.2) is 9.18 Å². The standard InChI is InChI=1S/C15H20ClFN2O2/c1-19(9-10-4-2-3-5-14(10)20)15(21)18-13-7-6-11(16)8-12(13)17/h6-8,10,14,20H,2-5,9H2,1H3,(H,18,21). The topological polar surface area (TPSA) is 52.6 Å². The predicted octanol–water partition coefficient (Wildman–Crippen LogP) is 3.49. The molecular weight excluding hydrogens is 295 g/mol. The zero-order chi connectivity index (χ0) is 15.4. The third-order valence-corrected chi connectivity index (χ3v) is 4.13. The Labute approximate surface area is 128 Å². The number of amides is 2. The van der Waals surface area contributed by atoms with Gasteiger partial charge in [-0.05, 0) is 31.0 Å². The highest BCUT2D eigenvalue weighted by atomic mass is 35.5. The maximum absolute atomic E-state index is 13.6. The van der Waals surface area contributed by atoms with E-state index < -0.39 is 11.8 Å². The lowest BCUT2D eigenvalue weighted by Gasteiger charge is -2.31. The Morgan fingerprint density at radius 3 is 2.86 bits per heavy atom. The Balaban J connectivity index is 1.92. The molecule has 1 aliphatic carbocycles. The molecule has 1 aromatic carbocycles. The molecule has 2 rings (SSSR count). The van der Waals surface area contributed by atoms with Crippen LogP contribution in [0, 0.1) is 11.7 Å². The number of halogens is 2. The smallest absolute Gasteiger partial charge is 0.321 e. The number of rotatable bonds is 3. The fraction of sp³-hybridized carbons (Fsp3) is 0.533. The lowest BCUT2D eigenvalue weighted by molar-refractivity contribution is 0.0575. The van der Waals surface area contributed by atoms with E-state index in [1.807, 2.05) is 0 Å². The number of carbonyl (C=O) groups is 1. The zero-order valence-corrected chi connectivity index (χ0v) is 12.7. The van der Waals surface area contributed by atoms with Crippen LogP contribution in [0.3, 0.4) is 0 Å². The van der Waals surface area contributed by atoms with E-state index in [0.717, 1.165) is 31.7 Å². The van der Waals surface area contributed by atoms with Crippen LogP contribution in [0.1, 0.15) is 25.7 Å². The van der Waals surface area contributed by atoms with Crippen molar-refractivity contribution in [1.29, 1.82) is 0 Å². The number of carbonyl (C=O) groups excluding carboxylic acids is 1. The van der Waals surface area contributed by atoms with Gasteiger partial charge < -0.3 is 15.3 Å². The molecule has 1 aromatic rings. The average Bonchev–Trinajstić information content (AvgIpc) is 2.44. The Morgan fingerprint density at radius 2 is 2.19 bits per heavy atom. The van der Waals surface area contributed by atoms with Crippen molar-refractivity contribution >= 4 is 23.3 Å². The highest BCUT2D eigenvalue weighted by molar-refractivity contribution is 6.30. The number of hydrogen-bond acceptors (Lipinski definition) is 2. The Kier molecular flexibility index (Phi) is 5.42. The first kappa shape index (κ1) is 16.0. The molecule has 0 spiro atoms. The van der Waals surface area contributed by atoms with Gasteiger partial charge in [0.15, 0.2) is 0 Å². The molecule has 1 saturated carbocycles. The summed E-state index contributed by atoms with van der Waals surface area (Å²) in [4.78, 5) is 13.5. The number of urea groups is 1. The van der Waals surface area contributed by atoms with E-state index in [1.54, 1.807) is 7.05 Å². The molecule has 0 bridgehead atoms. The summed E-state index contributed by atoms with van der Waals surface area (Å²) >= 11 is 5.67. The molecule has 21 heavy (non-hydrogen) atoms. The number of aliphatic hydroxyl groups excluding tert-OH is 1. The first-order valence-corrected chi connectivity index (χ1v) is 7.50. The van der Waals surface area contributed by atoms with Gasteiger partial charge in [-0.1, -0.05) is 24.4 Å². The molecule has 2 N–H and O–H groups in total. The van der Waals surface area contributed by atoms with Gasteiger partial charge in [0.2, 0.25) is 0 Å². The van der Waals surface area contributed by atoms with E-state index in [9.17, 15) is 14.3 Å². The third kappa shape index (κ3) is 4.32. The van der Waals surface area contributed by atoms with Crippen LogP contribution in [0.2, 0.25) is 5.02 Å². The van der Waals surface area contributed by atoms with Crippen molar-refractivity contribution < 1.29 is 14.3 Å². The molecule has 0 aliphatic heterocycles. The molecule has 1 fully saturated rings. The first-order valence-electron chi connectivity index (χ1n) is 7.12. The third-order valence-electron chi connectivity index (χ3n) is 3.90. The second-order valence-electron chi connectivity index (χ2n) is 5.55. The largest absolute Gasteiger partial charge is 0.393 e. The summed E-state index contributed by atoms with van der Waals surface area (Å²) in [7, 11) is 1.64. The minimum absolute atomic E-state index is 0.0876. The molecule has 4 nitrogen and oxygen atoms in total. The lowest BCUT2D eigenvalue weighted by Crippen LogP contribution is -2.40. The van der Waals surface area contributed by atoms with Crippen molar-refractivity contribution in [3.05, 3.63) is 29.0 Å². The molecule has 2 atom stereocenters. The number of anilines is 1. The number of benzene rings is 1. The first-order chi connectivity index (χ1) is 9.97. The van der Waals surface area contributed by atoms with Crippen LogP contribution in [0.4, 0.5) is 14.9 Å². The van der Waals surface area contributed by atoms with Crippen LogP contribution in [0.5, 0.6) is 0 Å². The quantitative estimate of drug-likeness (QED) is 0.897. The molecular formula is C15H20ClFN2O2. The summed E-state index contributed by atoms with van der Waals surface area (Å²) in [6.07, 6.45) is 3.44. The van der Waals surface area contributed by atoms with E-state index in [2.05, 4.69) is 5.32 Å². The van der Waals surface area contributed by atoms with E-state index in [0.29, 0.717) is 6.54 Å². The maximum atomic E-state index is 13.6. The molecule has 2 unspecified atom stereocenters. The summed E-state index contributed by atoms with van der Waals surface area (Å²) in [5.41, 5.74) is 0.0976. The molecule has 0 saturated heterocycles. The summed E-state index contributed by atoms with van der Waals surface area (Å²) in [6, 6.07) is 3.71. The molecule has 1 aliphatic rings. The van der Waals surface area contributed by atoms with Crippen molar-refractivity contribution in [1.82, 2.24) is 4.90 Å². The number of nitrogens with one attached hydrogen (secondary N) is 1. The van der Waals surface area contributed by atoms with Crippen LogP contribution < -0.4 is 5.32 Å². The molecule has 116 valence electrons. The summed E-state index contributed by atoms with van der Waals surface area (Å²) in [6.45, 7) is 0.461. The Bertz CT molecular complexity index is 512.